The van der Waals surface area contributed by atoms with Gasteiger partial charge in [0.2, 0.25) is 5.88 Å². The summed E-state index contributed by atoms with van der Waals surface area (Å²) in [4.78, 5) is 22.0. The van der Waals surface area contributed by atoms with Crippen LogP contribution in [0.5, 0.6) is 5.88 Å². The van der Waals surface area contributed by atoms with Crippen LogP contribution in [0.4, 0.5) is 0 Å². The molecule has 0 bridgehead atoms. The predicted molar refractivity (Wildman–Crippen MR) is 113 cm³/mol. The molecule has 2 aromatic rings. The SMILES string of the molecule is CCOc1ccc(Cl)c(C(=O)N(Cc2ccccc2)C(C)CN2CCOCC2)n1. The Hall–Kier alpha value is -2.15. The number of halogens is 1. The average molecular weight is 418 g/mol. The first kappa shape index (κ1) is 21.6. The van der Waals surface area contributed by atoms with Crippen molar-refractivity contribution in [1.29, 1.82) is 0 Å². The summed E-state index contributed by atoms with van der Waals surface area (Å²) >= 11 is 6.34. The Labute approximate surface area is 177 Å². The maximum Gasteiger partial charge on any atom is 0.274 e. The van der Waals surface area contributed by atoms with Crippen molar-refractivity contribution < 1.29 is 14.3 Å². The predicted octanol–water partition coefficient (Wildman–Crippen LogP) is 3.50. The van der Waals surface area contributed by atoms with Crippen molar-refractivity contribution in [1.82, 2.24) is 14.8 Å². The van der Waals surface area contributed by atoms with Gasteiger partial charge in [-0.3, -0.25) is 9.69 Å². The standard InChI is InChI=1S/C22H28ClN3O3/c1-3-29-20-10-9-19(23)21(24-20)22(27)26(16-18-7-5-4-6-8-18)17(2)15-25-11-13-28-14-12-25/h4-10,17H,3,11-16H2,1-2H3. The van der Waals surface area contributed by atoms with E-state index in [1.807, 2.05) is 42.2 Å². The zero-order valence-electron chi connectivity index (χ0n) is 17.0. The summed E-state index contributed by atoms with van der Waals surface area (Å²) in [6.07, 6.45) is 0. The van der Waals surface area contributed by atoms with Crippen molar-refractivity contribution in [2.75, 3.05) is 39.5 Å². The van der Waals surface area contributed by atoms with Crippen molar-refractivity contribution in [2.45, 2.75) is 26.4 Å². The molecule has 0 aliphatic carbocycles. The van der Waals surface area contributed by atoms with Crippen LogP contribution in [0.15, 0.2) is 42.5 Å². The molecule has 3 rings (SSSR count). The van der Waals surface area contributed by atoms with Crippen LogP contribution in [0.2, 0.25) is 5.02 Å². The molecule has 1 saturated heterocycles. The highest BCUT2D eigenvalue weighted by Crippen LogP contribution is 2.22. The summed E-state index contributed by atoms with van der Waals surface area (Å²) in [6.45, 7) is 8.87. The molecule has 1 aromatic heterocycles. The molecule has 1 atom stereocenters. The third-order valence-electron chi connectivity index (χ3n) is 4.93. The van der Waals surface area contributed by atoms with Gasteiger partial charge in [0.1, 0.15) is 0 Å². The monoisotopic (exact) mass is 417 g/mol. The molecule has 156 valence electrons. The van der Waals surface area contributed by atoms with E-state index in [0.29, 0.717) is 24.1 Å². The molecule has 1 amide bonds. The lowest BCUT2D eigenvalue weighted by Crippen LogP contribution is -2.48. The van der Waals surface area contributed by atoms with Gasteiger partial charge in [0.05, 0.1) is 24.8 Å². The van der Waals surface area contributed by atoms with Gasteiger partial charge in [-0.05, 0) is 25.5 Å². The molecule has 1 aliphatic heterocycles. The second-order valence-electron chi connectivity index (χ2n) is 7.09. The van der Waals surface area contributed by atoms with Crippen LogP contribution in [0.1, 0.15) is 29.9 Å². The van der Waals surface area contributed by atoms with Crippen LogP contribution in [-0.4, -0.2) is 66.2 Å². The number of morpholine rings is 1. The molecule has 0 N–H and O–H groups in total. The van der Waals surface area contributed by atoms with Gasteiger partial charge in [-0.1, -0.05) is 41.9 Å². The third kappa shape index (κ3) is 5.92. The van der Waals surface area contributed by atoms with Crippen LogP contribution < -0.4 is 4.74 Å². The van der Waals surface area contributed by atoms with Gasteiger partial charge in [0, 0.05) is 38.3 Å². The second kappa shape index (κ2) is 10.6. The van der Waals surface area contributed by atoms with Crippen molar-refractivity contribution in [2.24, 2.45) is 0 Å². The van der Waals surface area contributed by atoms with Gasteiger partial charge < -0.3 is 14.4 Å². The minimum atomic E-state index is -0.193. The van der Waals surface area contributed by atoms with Crippen molar-refractivity contribution >= 4 is 17.5 Å². The third-order valence-corrected chi connectivity index (χ3v) is 5.24. The number of hydrogen-bond donors (Lipinski definition) is 0. The summed E-state index contributed by atoms with van der Waals surface area (Å²) in [7, 11) is 0. The lowest BCUT2D eigenvalue weighted by atomic mass is 10.1. The Kier molecular flexibility index (Phi) is 7.86. The number of hydrogen-bond acceptors (Lipinski definition) is 5. The van der Waals surface area contributed by atoms with E-state index < -0.39 is 0 Å². The molecule has 1 aliphatic rings. The van der Waals surface area contributed by atoms with E-state index in [2.05, 4.69) is 16.8 Å². The Morgan fingerprint density at radius 2 is 1.97 bits per heavy atom. The molecule has 0 radical (unpaired) electrons. The van der Waals surface area contributed by atoms with Crippen molar-refractivity contribution in [3.8, 4) is 5.88 Å². The van der Waals surface area contributed by atoms with E-state index in [4.69, 9.17) is 21.1 Å². The number of nitrogens with zero attached hydrogens (tertiary/aromatic N) is 3. The van der Waals surface area contributed by atoms with Crippen LogP contribution >= 0.6 is 11.6 Å². The summed E-state index contributed by atoms with van der Waals surface area (Å²) in [5.74, 6) is 0.210. The first-order valence-corrected chi connectivity index (χ1v) is 10.4. The zero-order valence-corrected chi connectivity index (χ0v) is 17.8. The molecule has 1 aromatic carbocycles. The summed E-state index contributed by atoms with van der Waals surface area (Å²) < 4.78 is 10.9. The largest absolute Gasteiger partial charge is 0.478 e. The highest BCUT2D eigenvalue weighted by molar-refractivity contribution is 6.33. The van der Waals surface area contributed by atoms with Crippen LogP contribution in [0.3, 0.4) is 0 Å². The number of carbonyl (C=O) groups excluding carboxylic acids is 1. The number of rotatable bonds is 8. The average Bonchev–Trinajstić information content (AvgIpc) is 2.74. The molecular formula is C22H28ClN3O3. The summed E-state index contributed by atoms with van der Waals surface area (Å²) in [6, 6.07) is 13.3. The topological polar surface area (TPSA) is 54.9 Å². The lowest BCUT2D eigenvalue weighted by molar-refractivity contribution is 0.0227. The fourth-order valence-electron chi connectivity index (χ4n) is 3.40. The molecule has 1 unspecified atom stereocenters. The molecule has 0 spiro atoms. The lowest BCUT2D eigenvalue weighted by Gasteiger charge is -2.35. The van der Waals surface area contributed by atoms with E-state index in [1.165, 1.54) is 0 Å². The van der Waals surface area contributed by atoms with E-state index in [1.54, 1.807) is 12.1 Å². The summed E-state index contributed by atoms with van der Waals surface area (Å²) in [5.41, 5.74) is 1.29. The quantitative estimate of drug-likeness (QED) is 0.658. The maximum absolute atomic E-state index is 13.5. The Bertz CT molecular complexity index is 797. The molecule has 2 heterocycles. The number of pyridine rings is 1. The number of aromatic nitrogens is 1. The Morgan fingerprint density at radius 1 is 1.24 bits per heavy atom. The van der Waals surface area contributed by atoms with Crippen molar-refractivity contribution in [3.05, 3.63) is 58.7 Å². The number of carbonyl (C=O) groups is 1. The van der Waals surface area contributed by atoms with Gasteiger partial charge in [-0.2, -0.15) is 0 Å². The molecule has 6 nitrogen and oxygen atoms in total. The van der Waals surface area contributed by atoms with Crippen LogP contribution in [0.25, 0.3) is 0 Å². The van der Waals surface area contributed by atoms with Gasteiger partial charge in [-0.15, -0.1) is 0 Å². The number of amides is 1. The first-order chi connectivity index (χ1) is 14.1. The van der Waals surface area contributed by atoms with E-state index >= 15 is 0 Å². The zero-order chi connectivity index (χ0) is 20.6. The molecule has 7 heteroatoms. The summed E-state index contributed by atoms with van der Waals surface area (Å²) in [5, 5.41) is 0.329. The highest BCUT2D eigenvalue weighted by atomic mass is 35.5. The molecule has 29 heavy (non-hydrogen) atoms. The van der Waals surface area contributed by atoms with Gasteiger partial charge in [-0.25, -0.2) is 4.98 Å². The van der Waals surface area contributed by atoms with Crippen LogP contribution in [-0.2, 0) is 11.3 Å². The fraction of sp³-hybridized carbons (Fsp3) is 0.455. The van der Waals surface area contributed by atoms with Gasteiger partial charge in [0.15, 0.2) is 5.69 Å². The highest BCUT2D eigenvalue weighted by Gasteiger charge is 2.27. The maximum atomic E-state index is 13.5. The number of ether oxygens (including phenoxy) is 2. The molecular weight excluding hydrogens is 390 g/mol. The number of benzene rings is 1. The minimum Gasteiger partial charge on any atom is -0.478 e. The van der Waals surface area contributed by atoms with E-state index in [9.17, 15) is 4.79 Å². The normalized spacial score (nSPS) is 15.7. The van der Waals surface area contributed by atoms with E-state index in [-0.39, 0.29) is 17.6 Å². The Balaban J connectivity index is 1.85. The minimum absolute atomic E-state index is 0.0191. The van der Waals surface area contributed by atoms with Crippen LogP contribution in [0, 0.1) is 0 Å². The van der Waals surface area contributed by atoms with E-state index in [0.717, 1.165) is 38.4 Å². The van der Waals surface area contributed by atoms with Gasteiger partial charge >= 0.3 is 0 Å². The van der Waals surface area contributed by atoms with Crippen molar-refractivity contribution in [3.63, 3.8) is 0 Å². The Morgan fingerprint density at radius 3 is 2.66 bits per heavy atom. The van der Waals surface area contributed by atoms with Gasteiger partial charge in [0.25, 0.3) is 5.91 Å². The fourth-order valence-corrected chi connectivity index (χ4v) is 3.59. The second-order valence-corrected chi connectivity index (χ2v) is 7.50. The molecule has 0 saturated carbocycles. The molecule has 1 fully saturated rings. The first-order valence-electron chi connectivity index (χ1n) is 10.0. The smallest absolute Gasteiger partial charge is 0.274 e.